The Bertz CT molecular complexity index is 796. The van der Waals surface area contributed by atoms with E-state index in [0.29, 0.717) is 69.5 Å². The molecule has 0 aliphatic carbocycles. The number of nitrogens with zero attached hydrogens (tertiary/aromatic N) is 3. The predicted molar refractivity (Wildman–Crippen MR) is 128 cm³/mol. The zero-order valence-electron chi connectivity index (χ0n) is 19.2. The van der Waals surface area contributed by atoms with E-state index in [9.17, 15) is 4.79 Å². The number of benzene rings is 1. The molecular formula is C22H35N7O4. The molecule has 11 nitrogen and oxygen atoms in total. The average molecular weight is 462 g/mol. The highest BCUT2D eigenvalue weighted by molar-refractivity contribution is 5.94. The van der Waals surface area contributed by atoms with Crippen LogP contribution in [-0.2, 0) is 9.47 Å². The molecule has 0 unspecified atom stereocenters. The summed E-state index contributed by atoms with van der Waals surface area (Å²) in [6.07, 6.45) is 2.09. The van der Waals surface area contributed by atoms with Crippen molar-refractivity contribution in [2.45, 2.75) is 19.8 Å². The lowest BCUT2D eigenvalue weighted by Gasteiger charge is -2.11. The second-order valence-electron chi connectivity index (χ2n) is 7.01. The number of aliphatic hydroxyl groups is 1. The molecule has 0 radical (unpaired) electrons. The summed E-state index contributed by atoms with van der Waals surface area (Å²) in [4.78, 5) is 24.8. The second kappa shape index (κ2) is 16.6. The Morgan fingerprint density at radius 1 is 0.818 bits per heavy atom. The summed E-state index contributed by atoms with van der Waals surface area (Å²) in [5.74, 6) is 1.20. The van der Waals surface area contributed by atoms with Gasteiger partial charge in [-0.25, -0.2) is 0 Å². The van der Waals surface area contributed by atoms with E-state index in [4.69, 9.17) is 14.6 Å². The van der Waals surface area contributed by atoms with Gasteiger partial charge < -0.3 is 35.8 Å². The van der Waals surface area contributed by atoms with Crippen LogP contribution in [0.15, 0.2) is 30.3 Å². The summed E-state index contributed by atoms with van der Waals surface area (Å²) in [7, 11) is 0. The van der Waals surface area contributed by atoms with Crippen LogP contribution >= 0.6 is 0 Å². The molecule has 0 atom stereocenters. The van der Waals surface area contributed by atoms with Gasteiger partial charge in [0, 0.05) is 31.7 Å². The first kappa shape index (κ1) is 26.2. The minimum absolute atomic E-state index is 0.0116. The first-order valence-electron chi connectivity index (χ1n) is 11.3. The monoisotopic (exact) mass is 461 g/mol. The fourth-order valence-corrected chi connectivity index (χ4v) is 2.64. The van der Waals surface area contributed by atoms with Crippen molar-refractivity contribution in [1.82, 2.24) is 20.3 Å². The van der Waals surface area contributed by atoms with Crippen molar-refractivity contribution in [2.24, 2.45) is 0 Å². The summed E-state index contributed by atoms with van der Waals surface area (Å²) in [5.41, 5.74) is 0.631. The topological polar surface area (TPSA) is 143 Å². The highest BCUT2D eigenvalue weighted by Crippen LogP contribution is 2.09. The lowest BCUT2D eigenvalue weighted by Crippen LogP contribution is -2.27. The molecule has 1 amide bonds. The molecule has 0 aliphatic rings. The minimum atomic E-state index is -0.113. The molecule has 0 spiro atoms. The van der Waals surface area contributed by atoms with E-state index in [2.05, 4.69) is 43.1 Å². The Labute approximate surface area is 194 Å². The molecule has 1 heterocycles. The van der Waals surface area contributed by atoms with Crippen molar-refractivity contribution >= 4 is 23.8 Å². The highest BCUT2D eigenvalue weighted by atomic mass is 16.5. The van der Waals surface area contributed by atoms with Crippen LogP contribution in [0.5, 0.6) is 0 Å². The van der Waals surface area contributed by atoms with Gasteiger partial charge in [-0.05, 0) is 18.6 Å². The summed E-state index contributed by atoms with van der Waals surface area (Å²) in [6, 6.07) is 9.07. The molecule has 33 heavy (non-hydrogen) atoms. The number of aliphatic hydroxyl groups excluding tert-OH is 1. The van der Waals surface area contributed by atoms with Crippen LogP contribution in [0.2, 0.25) is 0 Å². The predicted octanol–water partition coefficient (Wildman–Crippen LogP) is 1.36. The van der Waals surface area contributed by atoms with Crippen molar-refractivity contribution in [3.8, 4) is 0 Å². The third kappa shape index (κ3) is 11.4. The van der Waals surface area contributed by atoms with Crippen molar-refractivity contribution < 1.29 is 19.4 Å². The number of carbonyl (C=O) groups is 1. The van der Waals surface area contributed by atoms with E-state index in [1.165, 1.54) is 0 Å². The fraction of sp³-hybridized carbons (Fsp3) is 0.545. The number of hydrogen-bond donors (Lipinski definition) is 5. The van der Waals surface area contributed by atoms with E-state index in [1.54, 1.807) is 12.1 Å². The smallest absolute Gasteiger partial charge is 0.251 e. The molecule has 0 saturated heterocycles. The Morgan fingerprint density at radius 2 is 1.39 bits per heavy atom. The molecule has 0 aliphatic heterocycles. The standard InChI is InChI=1S/C22H35N7O4/c1-2-3-9-24-20-27-21(25-10-13-30)29-22(28-20)26-12-15-33-17-16-32-14-11-23-19(31)18-7-5-4-6-8-18/h4-8,30H,2-3,9-17H2,1H3,(H,23,31)(H3,24,25,26,27,28,29). The highest BCUT2D eigenvalue weighted by Gasteiger charge is 2.06. The normalized spacial score (nSPS) is 10.6. The van der Waals surface area contributed by atoms with Crippen LogP contribution in [0.3, 0.4) is 0 Å². The zero-order chi connectivity index (χ0) is 23.6. The van der Waals surface area contributed by atoms with Crippen molar-refractivity contribution in [2.75, 3.05) is 75.2 Å². The van der Waals surface area contributed by atoms with Crippen molar-refractivity contribution in [1.29, 1.82) is 0 Å². The van der Waals surface area contributed by atoms with Gasteiger partial charge in [0.25, 0.3) is 5.91 Å². The molecule has 0 fully saturated rings. The number of aromatic nitrogens is 3. The number of nitrogens with one attached hydrogen (secondary N) is 4. The maximum atomic E-state index is 11.9. The largest absolute Gasteiger partial charge is 0.395 e. The van der Waals surface area contributed by atoms with E-state index in [1.807, 2.05) is 18.2 Å². The SMILES string of the molecule is CCCCNc1nc(NCCO)nc(NCCOCCOCCNC(=O)c2ccccc2)n1. The quantitative estimate of drug-likeness (QED) is 0.207. The summed E-state index contributed by atoms with van der Waals surface area (Å²) in [5, 5.41) is 21.0. The van der Waals surface area contributed by atoms with Gasteiger partial charge in [-0.1, -0.05) is 31.5 Å². The van der Waals surface area contributed by atoms with Gasteiger partial charge >= 0.3 is 0 Å². The van der Waals surface area contributed by atoms with E-state index in [-0.39, 0.29) is 12.5 Å². The number of hydrogen-bond acceptors (Lipinski definition) is 10. The molecule has 0 saturated carbocycles. The van der Waals surface area contributed by atoms with Crippen LogP contribution < -0.4 is 21.3 Å². The molecule has 5 N–H and O–H groups in total. The number of anilines is 3. The van der Waals surface area contributed by atoms with Gasteiger partial charge in [-0.15, -0.1) is 0 Å². The third-order valence-corrected chi connectivity index (χ3v) is 4.31. The van der Waals surface area contributed by atoms with Crippen molar-refractivity contribution in [3.05, 3.63) is 35.9 Å². The molecule has 11 heteroatoms. The van der Waals surface area contributed by atoms with Gasteiger partial charge in [0.05, 0.1) is 33.0 Å². The van der Waals surface area contributed by atoms with Gasteiger partial charge in [-0.3, -0.25) is 4.79 Å². The maximum absolute atomic E-state index is 11.9. The van der Waals surface area contributed by atoms with E-state index < -0.39 is 0 Å². The van der Waals surface area contributed by atoms with Crippen LogP contribution in [0.4, 0.5) is 17.8 Å². The van der Waals surface area contributed by atoms with Crippen LogP contribution in [0, 0.1) is 0 Å². The van der Waals surface area contributed by atoms with Crippen LogP contribution in [-0.4, -0.2) is 85.2 Å². The molecule has 0 bridgehead atoms. The van der Waals surface area contributed by atoms with E-state index in [0.717, 1.165) is 19.4 Å². The summed E-state index contributed by atoms with van der Waals surface area (Å²) >= 11 is 0. The lowest BCUT2D eigenvalue weighted by atomic mass is 10.2. The Balaban J connectivity index is 1.57. The molecule has 182 valence electrons. The Kier molecular flexibility index (Phi) is 13.2. The molecule has 1 aromatic heterocycles. The number of amides is 1. The number of unbranched alkanes of at least 4 members (excludes halogenated alkanes) is 1. The number of carbonyl (C=O) groups excluding carboxylic acids is 1. The first-order valence-corrected chi connectivity index (χ1v) is 11.3. The van der Waals surface area contributed by atoms with Gasteiger partial charge in [0.1, 0.15) is 0 Å². The van der Waals surface area contributed by atoms with Crippen LogP contribution in [0.1, 0.15) is 30.1 Å². The maximum Gasteiger partial charge on any atom is 0.251 e. The van der Waals surface area contributed by atoms with Crippen molar-refractivity contribution in [3.63, 3.8) is 0 Å². The van der Waals surface area contributed by atoms with Gasteiger partial charge in [0.2, 0.25) is 17.8 Å². The molecule has 1 aromatic carbocycles. The summed E-state index contributed by atoms with van der Waals surface area (Å²) in [6.45, 7) is 5.95. The minimum Gasteiger partial charge on any atom is -0.395 e. The summed E-state index contributed by atoms with van der Waals surface area (Å²) < 4.78 is 11.0. The molecule has 2 rings (SSSR count). The molecule has 2 aromatic rings. The average Bonchev–Trinajstić information content (AvgIpc) is 2.84. The first-order chi connectivity index (χ1) is 16.2. The fourth-order valence-electron chi connectivity index (χ4n) is 2.64. The van der Waals surface area contributed by atoms with E-state index >= 15 is 0 Å². The number of ether oxygens (including phenoxy) is 2. The third-order valence-electron chi connectivity index (χ3n) is 4.31. The van der Waals surface area contributed by atoms with Gasteiger partial charge in [0.15, 0.2) is 0 Å². The molecular weight excluding hydrogens is 426 g/mol. The van der Waals surface area contributed by atoms with Crippen LogP contribution in [0.25, 0.3) is 0 Å². The zero-order valence-corrected chi connectivity index (χ0v) is 19.2. The number of rotatable bonds is 18. The Hall–Kier alpha value is -3.02. The Morgan fingerprint density at radius 3 is 2.00 bits per heavy atom. The lowest BCUT2D eigenvalue weighted by molar-refractivity contribution is 0.0519. The second-order valence-corrected chi connectivity index (χ2v) is 7.01. The van der Waals surface area contributed by atoms with Gasteiger partial charge in [-0.2, -0.15) is 15.0 Å².